The molecule has 0 atom stereocenters. The van der Waals surface area contributed by atoms with Gasteiger partial charge in [-0.1, -0.05) is 30.3 Å². The first-order valence-corrected chi connectivity index (χ1v) is 11.4. The zero-order valence-electron chi connectivity index (χ0n) is 19.7. The number of hydrogen-bond donors (Lipinski definition) is 0. The molecule has 0 spiro atoms. The summed E-state index contributed by atoms with van der Waals surface area (Å²) < 4.78 is 1.67. The van der Waals surface area contributed by atoms with Gasteiger partial charge in [0, 0.05) is 38.3 Å². The third-order valence-corrected chi connectivity index (χ3v) is 6.56. The second-order valence-corrected chi connectivity index (χ2v) is 9.03. The minimum absolute atomic E-state index is 0.0729. The van der Waals surface area contributed by atoms with E-state index in [1.165, 1.54) is 0 Å². The molecule has 0 bridgehead atoms. The van der Waals surface area contributed by atoms with E-state index in [2.05, 4.69) is 4.98 Å². The number of aromatic nitrogens is 2. The highest BCUT2D eigenvalue weighted by Gasteiger charge is 2.35. The van der Waals surface area contributed by atoms with Crippen molar-refractivity contribution in [2.45, 2.75) is 39.7 Å². The summed E-state index contributed by atoms with van der Waals surface area (Å²) in [4.78, 5) is 46.7. The van der Waals surface area contributed by atoms with Crippen molar-refractivity contribution in [1.29, 1.82) is 0 Å². The number of rotatable bonds is 4. The van der Waals surface area contributed by atoms with Crippen molar-refractivity contribution >= 4 is 22.8 Å². The lowest BCUT2D eigenvalue weighted by molar-refractivity contribution is -0.137. The van der Waals surface area contributed by atoms with E-state index >= 15 is 0 Å². The number of carbonyl (C=O) groups is 2. The molecule has 1 aromatic heterocycles. The Morgan fingerprint density at radius 2 is 1.61 bits per heavy atom. The van der Waals surface area contributed by atoms with E-state index in [9.17, 15) is 14.4 Å². The Morgan fingerprint density at radius 3 is 2.24 bits per heavy atom. The number of aryl methyl sites for hydroxylation is 2. The van der Waals surface area contributed by atoms with Crippen molar-refractivity contribution in [1.82, 2.24) is 19.4 Å². The van der Waals surface area contributed by atoms with Crippen LogP contribution in [0.2, 0.25) is 0 Å². The quantitative estimate of drug-likeness (QED) is 0.618. The van der Waals surface area contributed by atoms with Gasteiger partial charge in [-0.25, -0.2) is 4.98 Å². The van der Waals surface area contributed by atoms with Crippen LogP contribution in [0.1, 0.15) is 42.4 Å². The number of hydrogen-bond acceptors (Lipinski definition) is 4. The van der Waals surface area contributed by atoms with Crippen LogP contribution in [0.4, 0.5) is 0 Å². The Kier molecular flexibility index (Phi) is 6.06. The largest absolute Gasteiger partial charge is 0.338 e. The Balaban J connectivity index is 1.48. The molecule has 7 heteroatoms. The van der Waals surface area contributed by atoms with Gasteiger partial charge in [0.1, 0.15) is 5.69 Å². The second kappa shape index (κ2) is 8.81. The van der Waals surface area contributed by atoms with Crippen LogP contribution in [0, 0.1) is 6.92 Å². The zero-order chi connectivity index (χ0) is 23.8. The first kappa shape index (κ1) is 22.7. The molecular weight excluding hydrogens is 416 g/mol. The third-order valence-electron chi connectivity index (χ3n) is 6.56. The van der Waals surface area contributed by atoms with Crippen molar-refractivity contribution in [2.75, 3.05) is 26.2 Å². The first-order chi connectivity index (χ1) is 15.7. The fraction of sp³-hybridized carbons (Fsp3) is 0.385. The van der Waals surface area contributed by atoms with Crippen molar-refractivity contribution in [2.24, 2.45) is 0 Å². The molecule has 2 aromatic carbocycles. The van der Waals surface area contributed by atoms with Crippen molar-refractivity contribution in [3.8, 4) is 0 Å². The normalized spacial score (nSPS) is 14.5. The predicted molar refractivity (Wildman–Crippen MR) is 128 cm³/mol. The number of amides is 2. The maximum absolute atomic E-state index is 13.2. The average Bonchev–Trinajstić information content (AvgIpc) is 2.84. The highest BCUT2D eigenvalue weighted by Crippen LogP contribution is 2.26. The molecular formula is C26H30N4O3. The van der Waals surface area contributed by atoms with Gasteiger partial charge in [0.25, 0.3) is 11.5 Å². The third kappa shape index (κ3) is 4.15. The lowest BCUT2D eigenvalue weighted by Gasteiger charge is -2.38. The van der Waals surface area contributed by atoms with Gasteiger partial charge in [0.05, 0.1) is 16.4 Å². The van der Waals surface area contributed by atoms with Gasteiger partial charge in [-0.2, -0.15) is 0 Å². The number of piperazine rings is 1. The molecule has 1 fully saturated rings. The molecule has 0 unspecified atom stereocenters. The van der Waals surface area contributed by atoms with E-state index in [0.717, 1.165) is 11.1 Å². The van der Waals surface area contributed by atoms with E-state index in [1.54, 1.807) is 34.6 Å². The van der Waals surface area contributed by atoms with Gasteiger partial charge in [-0.15, -0.1) is 0 Å². The molecule has 2 heterocycles. The molecule has 1 aliphatic heterocycles. The summed E-state index contributed by atoms with van der Waals surface area (Å²) in [6, 6.07) is 15.1. The van der Waals surface area contributed by atoms with Gasteiger partial charge in [0.2, 0.25) is 5.91 Å². The molecule has 1 saturated heterocycles. The Bertz CT molecular complexity index is 1260. The summed E-state index contributed by atoms with van der Waals surface area (Å²) in [5.41, 5.74) is 2.58. The topological polar surface area (TPSA) is 75.5 Å². The van der Waals surface area contributed by atoms with Gasteiger partial charge >= 0.3 is 0 Å². The lowest BCUT2D eigenvalue weighted by Crippen LogP contribution is -2.54. The van der Waals surface area contributed by atoms with Gasteiger partial charge in [0.15, 0.2) is 0 Å². The van der Waals surface area contributed by atoms with E-state index in [4.69, 9.17) is 0 Å². The van der Waals surface area contributed by atoms with E-state index in [-0.39, 0.29) is 17.4 Å². The highest BCUT2D eigenvalue weighted by atomic mass is 16.2. The smallest absolute Gasteiger partial charge is 0.272 e. The summed E-state index contributed by atoms with van der Waals surface area (Å²) in [6.07, 6.45) is 0. The monoisotopic (exact) mass is 446 g/mol. The van der Waals surface area contributed by atoms with E-state index < -0.39 is 5.41 Å². The highest BCUT2D eigenvalue weighted by molar-refractivity contribution is 5.97. The molecule has 0 saturated carbocycles. The van der Waals surface area contributed by atoms with Crippen LogP contribution in [-0.4, -0.2) is 57.3 Å². The number of carbonyl (C=O) groups excluding carboxylic acids is 2. The fourth-order valence-electron chi connectivity index (χ4n) is 4.49. The lowest BCUT2D eigenvalue weighted by atomic mass is 9.83. The van der Waals surface area contributed by atoms with Gasteiger partial charge < -0.3 is 14.4 Å². The SMILES string of the molecule is CCn1c(=O)c(C)nc2cc(C(=O)N3CCN(C(=O)C(C)(C)c4ccccc4)CC3)ccc21. The minimum Gasteiger partial charge on any atom is -0.338 e. The fourth-order valence-corrected chi connectivity index (χ4v) is 4.49. The molecule has 33 heavy (non-hydrogen) atoms. The van der Waals surface area contributed by atoms with Crippen LogP contribution in [-0.2, 0) is 16.8 Å². The van der Waals surface area contributed by atoms with Gasteiger partial charge in [-0.05, 0) is 51.5 Å². The van der Waals surface area contributed by atoms with Crippen molar-refractivity contribution in [3.05, 3.63) is 75.7 Å². The van der Waals surface area contributed by atoms with Crippen molar-refractivity contribution in [3.63, 3.8) is 0 Å². The summed E-state index contributed by atoms with van der Waals surface area (Å²) in [5, 5.41) is 0. The minimum atomic E-state index is -0.621. The summed E-state index contributed by atoms with van der Waals surface area (Å²) in [5.74, 6) is -0.0104. The standard InChI is InChI=1S/C26H30N4O3/c1-5-30-22-12-11-19(17-21(22)27-18(2)23(30)31)24(32)28-13-15-29(16-14-28)25(33)26(3,4)20-9-7-6-8-10-20/h6-12,17H,5,13-16H2,1-4H3. The Labute approximate surface area is 193 Å². The number of nitrogens with zero attached hydrogens (tertiary/aromatic N) is 4. The van der Waals surface area contributed by atoms with Gasteiger partial charge in [-0.3, -0.25) is 14.4 Å². The molecule has 0 N–H and O–H groups in total. The van der Waals surface area contributed by atoms with Crippen LogP contribution in [0.3, 0.4) is 0 Å². The number of fused-ring (bicyclic) bond motifs is 1. The van der Waals surface area contributed by atoms with Crippen molar-refractivity contribution < 1.29 is 9.59 Å². The van der Waals surface area contributed by atoms with E-state index in [0.29, 0.717) is 49.5 Å². The van der Waals surface area contributed by atoms with Crippen LogP contribution in [0.15, 0.2) is 53.3 Å². The van der Waals surface area contributed by atoms with Crippen LogP contribution >= 0.6 is 0 Å². The summed E-state index contributed by atoms with van der Waals surface area (Å²) >= 11 is 0. The molecule has 1 aliphatic rings. The molecule has 172 valence electrons. The molecule has 0 radical (unpaired) electrons. The van der Waals surface area contributed by atoms with Crippen LogP contribution in [0.5, 0.6) is 0 Å². The molecule has 4 rings (SSSR count). The maximum Gasteiger partial charge on any atom is 0.272 e. The van der Waals surface area contributed by atoms with Crippen LogP contribution in [0.25, 0.3) is 11.0 Å². The Hall–Kier alpha value is -3.48. The van der Waals surface area contributed by atoms with E-state index in [1.807, 2.05) is 56.0 Å². The first-order valence-electron chi connectivity index (χ1n) is 11.4. The molecule has 2 amide bonds. The second-order valence-electron chi connectivity index (χ2n) is 9.03. The zero-order valence-corrected chi connectivity index (χ0v) is 19.7. The predicted octanol–water partition coefficient (Wildman–Crippen LogP) is 2.99. The number of benzene rings is 2. The summed E-state index contributed by atoms with van der Waals surface area (Å²) in [6.45, 7) is 10.0. The molecule has 7 nitrogen and oxygen atoms in total. The maximum atomic E-state index is 13.2. The Morgan fingerprint density at radius 1 is 0.970 bits per heavy atom. The molecule has 0 aliphatic carbocycles. The summed E-state index contributed by atoms with van der Waals surface area (Å²) in [7, 11) is 0. The van der Waals surface area contributed by atoms with Crippen LogP contribution < -0.4 is 5.56 Å². The molecule has 3 aromatic rings. The average molecular weight is 447 g/mol.